The predicted octanol–water partition coefficient (Wildman–Crippen LogP) is 3.20. The first-order chi connectivity index (χ1) is 15.6. The number of hydrogen-bond acceptors (Lipinski definition) is 5. The zero-order chi connectivity index (χ0) is 22.0. The molecule has 0 saturated carbocycles. The molecule has 4 aliphatic heterocycles. The molecule has 2 aromatic rings. The van der Waals surface area contributed by atoms with Gasteiger partial charge in [0.15, 0.2) is 0 Å². The number of anilines is 2. The lowest BCUT2D eigenvalue weighted by atomic mass is 9.93. The van der Waals surface area contributed by atoms with Crippen LogP contribution in [0.25, 0.3) is 0 Å². The van der Waals surface area contributed by atoms with Crippen LogP contribution in [-0.2, 0) is 22.6 Å². The average Bonchev–Trinajstić information content (AvgIpc) is 3.38. The van der Waals surface area contributed by atoms with Gasteiger partial charge in [-0.2, -0.15) is 0 Å². The Kier molecular flexibility index (Phi) is 4.26. The first-order valence-corrected chi connectivity index (χ1v) is 11.1. The Balaban J connectivity index is 1.46. The normalized spacial score (nSPS) is 23.5. The van der Waals surface area contributed by atoms with E-state index >= 15 is 0 Å². The van der Waals surface area contributed by atoms with E-state index in [9.17, 15) is 9.59 Å². The van der Waals surface area contributed by atoms with Crippen LogP contribution < -0.4 is 10.2 Å². The first-order valence-electron chi connectivity index (χ1n) is 11.1. The molecule has 0 radical (unpaired) electrons. The van der Waals surface area contributed by atoms with Crippen molar-refractivity contribution in [3.63, 3.8) is 0 Å². The molecule has 8 heteroatoms. The number of hydrogen-bond donors (Lipinski definition) is 1. The molecular weight excluding hydrogens is 406 g/mol. The lowest BCUT2D eigenvalue weighted by Crippen LogP contribution is -2.38. The van der Waals surface area contributed by atoms with Gasteiger partial charge in [0.1, 0.15) is 11.5 Å². The highest BCUT2D eigenvalue weighted by atomic mass is 16.5. The summed E-state index contributed by atoms with van der Waals surface area (Å²) in [6, 6.07) is 3.86. The standard InChI is InChI=1S/C24H25N5O3/c1-3-19-23(30)26-18-10-17-16(11-20(18)29(19)14(2)15-4-8-32-9-5-15)21-12-27-7-6-25-22(27)13-28(21)24(17)31/h3,6-7,10-11,15,21H,2,4-5,8-9,12-13H2,1H3,(H,26,30)/b19-3-. The zero-order valence-electron chi connectivity index (χ0n) is 18.0. The molecule has 32 heavy (non-hydrogen) atoms. The summed E-state index contributed by atoms with van der Waals surface area (Å²) in [5, 5.41) is 2.99. The monoisotopic (exact) mass is 431 g/mol. The van der Waals surface area contributed by atoms with E-state index in [1.54, 1.807) is 6.20 Å². The minimum absolute atomic E-state index is 0.0112. The van der Waals surface area contributed by atoms with Gasteiger partial charge in [0.05, 0.1) is 24.0 Å². The fourth-order valence-corrected chi connectivity index (χ4v) is 5.39. The SMILES string of the molecule is C=C(C1CCOCC1)N1/C(=C\C)C(=O)Nc2cc3c(cc21)C1Cn2ccnc2CN1C3=O. The highest BCUT2D eigenvalue weighted by molar-refractivity contribution is 6.14. The number of fused-ring (bicyclic) bond motifs is 5. The van der Waals surface area contributed by atoms with Gasteiger partial charge in [0, 0.05) is 49.3 Å². The van der Waals surface area contributed by atoms with Gasteiger partial charge in [-0.1, -0.05) is 12.7 Å². The molecule has 0 aliphatic carbocycles. The van der Waals surface area contributed by atoms with Crippen molar-refractivity contribution in [2.75, 3.05) is 23.4 Å². The number of aromatic nitrogens is 2. The van der Waals surface area contributed by atoms with Crippen LogP contribution in [-0.4, -0.2) is 39.5 Å². The number of carbonyl (C=O) groups is 2. The van der Waals surface area contributed by atoms with Crippen LogP contribution in [0, 0.1) is 5.92 Å². The number of allylic oxidation sites excluding steroid dienone is 2. The van der Waals surface area contributed by atoms with Crippen LogP contribution in [0.4, 0.5) is 11.4 Å². The molecule has 0 spiro atoms. The third-order valence-electron chi connectivity index (χ3n) is 7.09. The Bertz CT molecular complexity index is 1190. The predicted molar refractivity (Wildman–Crippen MR) is 119 cm³/mol. The van der Waals surface area contributed by atoms with Crippen molar-refractivity contribution in [2.24, 2.45) is 5.92 Å². The third-order valence-corrected chi connectivity index (χ3v) is 7.09. The largest absolute Gasteiger partial charge is 0.381 e. The molecular formula is C24H25N5O3. The highest BCUT2D eigenvalue weighted by Crippen LogP contribution is 2.46. The maximum atomic E-state index is 13.2. The molecule has 2 amide bonds. The van der Waals surface area contributed by atoms with E-state index < -0.39 is 0 Å². The zero-order valence-corrected chi connectivity index (χ0v) is 18.0. The van der Waals surface area contributed by atoms with E-state index in [1.165, 1.54) is 0 Å². The van der Waals surface area contributed by atoms with Crippen LogP contribution in [0.2, 0.25) is 0 Å². The molecule has 1 unspecified atom stereocenters. The van der Waals surface area contributed by atoms with Crippen molar-refractivity contribution < 1.29 is 14.3 Å². The topological polar surface area (TPSA) is 79.7 Å². The maximum Gasteiger partial charge on any atom is 0.272 e. The molecule has 164 valence electrons. The van der Waals surface area contributed by atoms with Crippen LogP contribution in [0.5, 0.6) is 0 Å². The van der Waals surface area contributed by atoms with Gasteiger partial charge in [-0.05, 0) is 37.5 Å². The summed E-state index contributed by atoms with van der Waals surface area (Å²) in [7, 11) is 0. The molecule has 0 bridgehead atoms. The Morgan fingerprint density at radius 1 is 1.28 bits per heavy atom. The second kappa shape index (κ2) is 7.06. The minimum Gasteiger partial charge on any atom is -0.381 e. The average molecular weight is 431 g/mol. The number of nitrogens with one attached hydrogen (secondary N) is 1. The first kappa shape index (κ1) is 19.3. The Labute approximate surface area is 186 Å². The van der Waals surface area contributed by atoms with Crippen molar-refractivity contribution in [2.45, 2.75) is 38.9 Å². The van der Waals surface area contributed by atoms with Gasteiger partial charge in [-0.15, -0.1) is 0 Å². The van der Waals surface area contributed by atoms with Gasteiger partial charge in [-0.3, -0.25) is 9.59 Å². The lowest BCUT2D eigenvalue weighted by molar-refractivity contribution is -0.113. The van der Waals surface area contributed by atoms with Gasteiger partial charge < -0.3 is 24.4 Å². The molecule has 5 heterocycles. The molecule has 1 fully saturated rings. The van der Waals surface area contributed by atoms with Crippen molar-refractivity contribution in [3.05, 3.63) is 65.5 Å². The molecule has 4 aliphatic rings. The molecule has 1 N–H and O–H groups in total. The summed E-state index contributed by atoms with van der Waals surface area (Å²) < 4.78 is 7.64. The molecule has 1 aromatic carbocycles. The fourth-order valence-electron chi connectivity index (χ4n) is 5.39. The molecule has 1 atom stereocenters. The van der Waals surface area contributed by atoms with Crippen molar-refractivity contribution in [3.8, 4) is 0 Å². The lowest BCUT2D eigenvalue weighted by Gasteiger charge is -2.38. The minimum atomic E-state index is -0.184. The number of benzene rings is 1. The van der Waals surface area contributed by atoms with Crippen LogP contribution in [0.3, 0.4) is 0 Å². The van der Waals surface area contributed by atoms with Crippen molar-refractivity contribution in [1.29, 1.82) is 0 Å². The third kappa shape index (κ3) is 2.69. The number of nitrogens with zero attached hydrogens (tertiary/aromatic N) is 4. The van der Waals surface area contributed by atoms with Crippen LogP contribution >= 0.6 is 0 Å². The van der Waals surface area contributed by atoms with E-state index in [0.29, 0.717) is 43.3 Å². The summed E-state index contributed by atoms with van der Waals surface area (Å²) >= 11 is 0. The van der Waals surface area contributed by atoms with Crippen molar-refractivity contribution >= 4 is 23.2 Å². The molecule has 8 nitrogen and oxygen atoms in total. The molecule has 6 rings (SSSR count). The quantitative estimate of drug-likeness (QED) is 0.739. The summed E-state index contributed by atoms with van der Waals surface area (Å²) in [5.74, 6) is 0.942. The van der Waals surface area contributed by atoms with Crippen molar-refractivity contribution in [1.82, 2.24) is 14.5 Å². The summed E-state index contributed by atoms with van der Waals surface area (Å²) in [5.41, 5.74) is 4.64. The number of ether oxygens (including phenoxy) is 1. The smallest absolute Gasteiger partial charge is 0.272 e. The number of rotatable bonds is 2. The van der Waals surface area contributed by atoms with E-state index in [4.69, 9.17) is 4.74 Å². The second-order valence-electron chi connectivity index (χ2n) is 8.74. The second-order valence-corrected chi connectivity index (χ2v) is 8.74. The number of amides is 2. The van der Waals surface area contributed by atoms with Gasteiger partial charge in [0.2, 0.25) is 0 Å². The van der Waals surface area contributed by atoms with E-state index in [0.717, 1.165) is 35.6 Å². The Hall–Kier alpha value is -3.39. The number of imidazole rings is 1. The van der Waals surface area contributed by atoms with Crippen LogP contribution in [0.1, 0.15) is 47.6 Å². The Morgan fingerprint density at radius 3 is 2.88 bits per heavy atom. The van der Waals surface area contributed by atoms with E-state index in [2.05, 4.69) is 27.5 Å². The molecule has 1 aromatic heterocycles. The fraction of sp³-hybridized carbons (Fsp3) is 0.375. The van der Waals surface area contributed by atoms with Gasteiger partial charge in [-0.25, -0.2) is 4.98 Å². The summed E-state index contributed by atoms with van der Waals surface area (Å²) in [6.07, 6.45) is 7.33. The van der Waals surface area contributed by atoms with Gasteiger partial charge >= 0.3 is 0 Å². The van der Waals surface area contributed by atoms with E-state index in [1.807, 2.05) is 35.1 Å². The summed E-state index contributed by atoms with van der Waals surface area (Å²) in [6.45, 7) is 8.83. The Morgan fingerprint density at radius 2 is 2.09 bits per heavy atom. The highest BCUT2D eigenvalue weighted by Gasteiger charge is 2.43. The summed E-state index contributed by atoms with van der Waals surface area (Å²) in [4.78, 5) is 34.4. The maximum absolute atomic E-state index is 13.2. The molecule has 1 saturated heterocycles. The number of carbonyl (C=O) groups excluding carboxylic acids is 2. The van der Waals surface area contributed by atoms with Gasteiger partial charge in [0.25, 0.3) is 11.8 Å². The van der Waals surface area contributed by atoms with E-state index in [-0.39, 0.29) is 23.8 Å². The van der Waals surface area contributed by atoms with Crippen LogP contribution in [0.15, 0.2) is 48.6 Å².